The lowest BCUT2D eigenvalue weighted by molar-refractivity contribution is -0.121. The molecule has 0 aliphatic rings. The van der Waals surface area contributed by atoms with E-state index >= 15 is 0 Å². The highest BCUT2D eigenvalue weighted by Gasteiger charge is 2.23. The van der Waals surface area contributed by atoms with Crippen molar-refractivity contribution < 1.29 is 9.90 Å². The van der Waals surface area contributed by atoms with Gasteiger partial charge < -0.3 is 10.4 Å². The fourth-order valence-electron chi connectivity index (χ4n) is 2.04. The molecule has 5 heteroatoms. The number of carbonyl (C=O) groups excluding carboxylic acids is 1. The molecule has 0 spiro atoms. The van der Waals surface area contributed by atoms with Gasteiger partial charge in [-0.15, -0.1) is 0 Å². The summed E-state index contributed by atoms with van der Waals surface area (Å²) in [6.07, 6.45) is 0. The van der Waals surface area contributed by atoms with Crippen molar-refractivity contribution in [3.8, 4) is 6.07 Å². The monoisotopic (exact) mass is 275 g/mol. The summed E-state index contributed by atoms with van der Waals surface area (Å²) in [5.41, 5.74) is 1.22. The number of nitrogens with zero attached hydrogens (tertiary/aromatic N) is 2. The number of hydrogen-bond donors (Lipinski definition) is 2. The maximum atomic E-state index is 12.2. The molecule has 5 nitrogen and oxygen atoms in total. The number of carbonyl (C=O) groups is 1. The highest BCUT2D eigenvalue weighted by atomic mass is 16.3. The molecule has 0 bridgehead atoms. The maximum absolute atomic E-state index is 12.2. The number of aliphatic hydroxyl groups excluding tert-OH is 1. The summed E-state index contributed by atoms with van der Waals surface area (Å²) in [4.78, 5) is 14.1. The second-order valence-corrected chi connectivity index (χ2v) is 4.91. The van der Waals surface area contributed by atoms with Crippen LogP contribution in [-0.2, 0) is 4.79 Å². The number of rotatable bonds is 6. The number of nitrogens with one attached hydrogen (secondary N) is 1. The Bertz CT molecular complexity index is 477. The molecule has 20 heavy (non-hydrogen) atoms. The van der Waals surface area contributed by atoms with Gasteiger partial charge in [-0.2, -0.15) is 5.26 Å². The minimum absolute atomic E-state index is 0.0205. The van der Waals surface area contributed by atoms with E-state index in [0.29, 0.717) is 17.8 Å². The smallest absolute Gasteiger partial charge is 0.241 e. The molecule has 1 rings (SSSR count). The molecule has 0 fully saturated rings. The number of anilines is 1. The van der Waals surface area contributed by atoms with E-state index in [0.717, 1.165) is 0 Å². The Morgan fingerprint density at radius 3 is 2.40 bits per heavy atom. The molecule has 1 aromatic carbocycles. The predicted octanol–water partition coefficient (Wildman–Crippen LogP) is 1.59. The van der Waals surface area contributed by atoms with Gasteiger partial charge in [0.05, 0.1) is 24.3 Å². The van der Waals surface area contributed by atoms with Crippen LogP contribution in [0.3, 0.4) is 0 Å². The number of benzene rings is 1. The summed E-state index contributed by atoms with van der Waals surface area (Å²) in [5.74, 6) is -0.128. The lowest BCUT2D eigenvalue weighted by atomic mass is 10.2. The van der Waals surface area contributed by atoms with Crippen LogP contribution in [0, 0.1) is 11.3 Å². The van der Waals surface area contributed by atoms with Gasteiger partial charge in [0, 0.05) is 18.3 Å². The summed E-state index contributed by atoms with van der Waals surface area (Å²) >= 11 is 0. The maximum Gasteiger partial charge on any atom is 0.241 e. The molecule has 0 radical (unpaired) electrons. The van der Waals surface area contributed by atoms with Gasteiger partial charge in [-0.3, -0.25) is 9.69 Å². The van der Waals surface area contributed by atoms with E-state index in [4.69, 9.17) is 10.4 Å². The van der Waals surface area contributed by atoms with Crippen LogP contribution in [-0.4, -0.2) is 41.1 Å². The Labute approximate surface area is 119 Å². The molecular weight excluding hydrogens is 254 g/mol. The average molecular weight is 275 g/mol. The first-order chi connectivity index (χ1) is 9.49. The van der Waals surface area contributed by atoms with E-state index in [2.05, 4.69) is 5.32 Å². The summed E-state index contributed by atoms with van der Waals surface area (Å²) in [6, 6.07) is 8.59. The third-order valence-electron chi connectivity index (χ3n) is 3.18. The highest BCUT2D eigenvalue weighted by molar-refractivity contribution is 5.94. The molecule has 1 unspecified atom stereocenters. The minimum atomic E-state index is -0.335. The van der Waals surface area contributed by atoms with Crippen LogP contribution < -0.4 is 5.32 Å². The third-order valence-corrected chi connectivity index (χ3v) is 3.18. The summed E-state index contributed by atoms with van der Waals surface area (Å²) in [6.45, 7) is 6.27. The standard InChI is InChI=1S/C15H21N3O2/c1-11(2)18(8-9-19)12(3)15(20)17-14-6-4-13(10-16)5-7-14/h4-7,11-12,19H,8-9H2,1-3H3,(H,17,20). The quantitative estimate of drug-likeness (QED) is 0.826. The van der Waals surface area contributed by atoms with Crippen LogP contribution in [0.4, 0.5) is 5.69 Å². The summed E-state index contributed by atoms with van der Waals surface area (Å²) < 4.78 is 0. The fourth-order valence-corrected chi connectivity index (χ4v) is 2.04. The normalized spacial score (nSPS) is 12.2. The van der Waals surface area contributed by atoms with Gasteiger partial charge >= 0.3 is 0 Å². The number of amides is 1. The Morgan fingerprint density at radius 1 is 1.35 bits per heavy atom. The second-order valence-electron chi connectivity index (χ2n) is 4.91. The van der Waals surface area contributed by atoms with Crippen LogP contribution in [0.2, 0.25) is 0 Å². The molecule has 1 atom stereocenters. The first-order valence-corrected chi connectivity index (χ1v) is 6.67. The van der Waals surface area contributed by atoms with Crippen molar-refractivity contribution in [2.45, 2.75) is 32.9 Å². The van der Waals surface area contributed by atoms with Gasteiger partial charge in [-0.25, -0.2) is 0 Å². The average Bonchev–Trinajstić information content (AvgIpc) is 2.44. The van der Waals surface area contributed by atoms with Crippen molar-refractivity contribution in [3.05, 3.63) is 29.8 Å². The highest BCUT2D eigenvalue weighted by Crippen LogP contribution is 2.12. The van der Waals surface area contributed by atoms with Gasteiger partial charge in [0.25, 0.3) is 0 Å². The topological polar surface area (TPSA) is 76.4 Å². The largest absolute Gasteiger partial charge is 0.395 e. The van der Waals surface area contributed by atoms with Crippen molar-refractivity contribution in [2.75, 3.05) is 18.5 Å². The summed E-state index contributed by atoms with van der Waals surface area (Å²) in [5, 5.41) is 20.6. The molecule has 0 saturated heterocycles. The Balaban J connectivity index is 2.71. The van der Waals surface area contributed by atoms with E-state index in [-0.39, 0.29) is 24.6 Å². The molecule has 0 aromatic heterocycles. The Morgan fingerprint density at radius 2 is 1.95 bits per heavy atom. The van der Waals surface area contributed by atoms with Crippen molar-refractivity contribution in [1.82, 2.24) is 4.90 Å². The molecule has 0 aliphatic heterocycles. The lowest BCUT2D eigenvalue weighted by Gasteiger charge is -2.31. The molecule has 108 valence electrons. The van der Waals surface area contributed by atoms with Gasteiger partial charge in [0.2, 0.25) is 5.91 Å². The Hall–Kier alpha value is -1.90. The molecule has 0 aliphatic carbocycles. The molecule has 1 aromatic rings. The number of aliphatic hydroxyl groups is 1. The van der Waals surface area contributed by atoms with E-state index in [1.54, 1.807) is 24.3 Å². The zero-order valence-electron chi connectivity index (χ0n) is 12.1. The van der Waals surface area contributed by atoms with Crippen LogP contribution in [0.15, 0.2) is 24.3 Å². The van der Waals surface area contributed by atoms with Gasteiger partial charge in [-0.1, -0.05) is 0 Å². The Kier molecular flexibility index (Phi) is 6.16. The van der Waals surface area contributed by atoms with Crippen molar-refractivity contribution in [3.63, 3.8) is 0 Å². The van der Waals surface area contributed by atoms with E-state index in [1.807, 2.05) is 31.7 Å². The first-order valence-electron chi connectivity index (χ1n) is 6.67. The zero-order valence-corrected chi connectivity index (χ0v) is 12.1. The molecule has 1 amide bonds. The van der Waals surface area contributed by atoms with Gasteiger partial charge in [-0.05, 0) is 45.0 Å². The SMILES string of the molecule is CC(C)N(CCO)C(C)C(=O)Nc1ccc(C#N)cc1. The fraction of sp³-hybridized carbons (Fsp3) is 0.467. The number of hydrogen-bond acceptors (Lipinski definition) is 4. The molecular formula is C15H21N3O2. The van der Waals surface area contributed by atoms with Crippen molar-refractivity contribution in [2.24, 2.45) is 0 Å². The predicted molar refractivity (Wildman–Crippen MR) is 78.2 cm³/mol. The molecule has 2 N–H and O–H groups in total. The molecule has 0 saturated carbocycles. The van der Waals surface area contributed by atoms with Gasteiger partial charge in [0.1, 0.15) is 0 Å². The molecule has 0 heterocycles. The van der Waals surface area contributed by atoms with Crippen molar-refractivity contribution >= 4 is 11.6 Å². The zero-order chi connectivity index (χ0) is 15.1. The first kappa shape index (κ1) is 16.2. The summed E-state index contributed by atoms with van der Waals surface area (Å²) in [7, 11) is 0. The van der Waals surface area contributed by atoms with Gasteiger partial charge in [0.15, 0.2) is 0 Å². The lowest BCUT2D eigenvalue weighted by Crippen LogP contribution is -2.47. The second kappa shape index (κ2) is 7.63. The van der Waals surface area contributed by atoms with Crippen molar-refractivity contribution in [1.29, 1.82) is 5.26 Å². The van der Waals surface area contributed by atoms with Crippen LogP contribution >= 0.6 is 0 Å². The van der Waals surface area contributed by atoms with Crippen LogP contribution in [0.1, 0.15) is 26.3 Å². The van der Waals surface area contributed by atoms with E-state index < -0.39 is 0 Å². The minimum Gasteiger partial charge on any atom is -0.395 e. The van der Waals surface area contributed by atoms with E-state index in [1.165, 1.54) is 0 Å². The number of nitriles is 1. The third kappa shape index (κ3) is 4.34. The van der Waals surface area contributed by atoms with Crippen LogP contribution in [0.25, 0.3) is 0 Å². The van der Waals surface area contributed by atoms with E-state index in [9.17, 15) is 4.79 Å². The van der Waals surface area contributed by atoms with Crippen LogP contribution in [0.5, 0.6) is 0 Å².